The van der Waals surface area contributed by atoms with Gasteiger partial charge in [0.25, 0.3) is 0 Å². The number of sulfonamides is 1. The Morgan fingerprint density at radius 3 is 2.56 bits per heavy atom. The van der Waals surface area contributed by atoms with Crippen LogP contribution in [0.4, 0.5) is 5.69 Å². The molecule has 0 heterocycles. The number of rotatable bonds is 7. The van der Waals surface area contributed by atoms with E-state index in [1.807, 2.05) is 6.92 Å². The number of hydrogen-bond acceptors (Lipinski definition) is 4. The summed E-state index contributed by atoms with van der Waals surface area (Å²) in [5, 5.41) is 3.21. The molecule has 0 aliphatic carbocycles. The Morgan fingerprint density at radius 1 is 1.22 bits per heavy atom. The quantitative estimate of drug-likeness (QED) is 0.729. The SMILES string of the molecule is CCOc1ccc(S(=O)(=O)N[C@H](C)C(=O)Nc2cccc(Cl)c2C)cc1C. The molecule has 0 bridgehead atoms. The molecule has 0 aliphatic rings. The van der Waals surface area contributed by atoms with Gasteiger partial charge in [-0.15, -0.1) is 0 Å². The van der Waals surface area contributed by atoms with Gasteiger partial charge in [-0.3, -0.25) is 4.79 Å². The highest BCUT2D eigenvalue weighted by Crippen LogP contribution is 2.24. The van der Waals surface area contributed by atoms with Crippen LogP contribution in [0.25, 0.3) is 0 Å². The average molecular weight is 411 g/mol. The summed E-state index contributed by atoms with van der Waals surface area (Å²) in [5.41, 5.74) is 1.95. The number of carbonyl (C=O) groups excluding carboxylic acids is 1. The minimum absolute atomic E-state index is 0.0713. The third-order valence-electron chi connectivity index (χ3n) is 4.01. The molecule has 0 spiro atoms. The molecule has 1 amide bonds. The predicted molar refractivity (Wildman–Crippen MR) is 107 cm³/mol. The van der Waals surface area contributed by atoms with Gasteiger partial charge >= 0.3 is 0 Å². The summed E-state index contributed by atoms with van der Waals surface area (Å²) < 4.78 is 33.0. The van der Waals surface area contributed by atoms with Crippen molar-refractivity contribution in [2.45, 2.75) is 38.6 Å². The highest BCUT2D eigenvalue weighted by atomic mass is 35.5. The van der Waals surface area contributed by atoms with E-state index in [2.05, 4.69) is 10.0 Å². The van der Waals surface area contributed by atoms with E-state index in [9.17, 15) is 13.2 Å². The van der Waals surface area contributed by atoms with Crippen LogP contribution in [0, 0.1) is 13.8 Å². The molecule has 0 saturated carbocycles. The van der Waals surface area contributed by atoms with Crippen molar-refractivity contribution in [3.63, 3.8) is 0 Å². The third-order valence-corrected chi connectivity index (χ3v) is 5.96. The molecule has 8 heteroatoms. The van der Waals surface area contributed by atoms with Crippen molar-refractivity contribution in [3.05, 3.63) is 52.5 Å². The first-order chi connectivity index (χ1) is 12.7. The maximum atomic E-state index is 12.6. The molecule has 1 atom stereocenters. The number of benzene rings is 2. The monoisotopic (exact) mass is 410 g/mol. The topological polar surface area (TPSA) is 84.5 Å². The highest BCUT2D eigenvalue weighted by Gasteiger charge is 2.23. The van der Waals surface area contributed by atoms with E-state index < -0.39 is 22.0 Å². The zero-order valence-corrected chi connectivity index (χ0v) is 17.2. The van der Waals surface area contributed by atoms with Gasteiger partial charge in [0.05, 0.1) is 17.5 Å². The maximum absolute atomic E-state index is 12.6. The van der Waals surface area contributed by atoms with E-state index in [1.165, 1.54) is 19.1 Å². The molecule has 0 aromatic heterocycles. The van der Waals surface area contributed by atoms with Crippen LogP contribution in [0.1, 0.15) is 25.0 Å². The van der Waals surface area contributed by atoms with E-state index >= 15 is 0 Å². The summed E-state index contributed by atoms with van der Waals surface area (Å²) in [4.78, 5) is 12.5. The lowest BCUT2D eigenvalue weighted by atomic mass is 10.2. The smallest absolute Gasteiger partial charge is 0.242 e. The van der Waals surface area contributed by atoms with Crippen molar-refractivity contribution in [1.29, 1.82) is 0 Å². The van der Waals surface area contributed by atoms with Crippen LogP contribution in [-0.2, 0) is 14.8 Å². The number of hydrogen-bond donors (Lipinski definition) is 2. The predicted octanol–water partition coefficient (Wildman–Crippen LogP) is 3.66. The normalized spacial score (nSPS) is 12.5. The number of amides is 1. The van der Waals surface area contributed by atoms with Crippen LogP contribution >= 0.6 is 11.6 Å². The third kappa shape index (κ3) is 5.22. The Morgan fingerprint density at radius 2 is 1.93 bits per heavy atom. The molecule has 2 aromatic carbocycles. The van der Waals surface area contributed by atoms with Gasteiger partial charge in [0, 0.05) is 10.7 Å². The lowest BCUT2D eigenvalue weighted by Gasteiger charge is -2.16. The van der Waals surface area contributed by atoms with Crippen molar-refractivity contribution in [2.75, 3.05) is 11.9 Å². The highest BCUT2D eigenvalue weighted by molar-refractivity contribution is 7.89. The van der Waals surface area contributed by atoms with Crippen molar-refractivity contribution >= 4 is 33.2 Å². The first-order valence-corrected chi connectivity index (χ1v) is 10.3. The van der Waals surface area contributed by atoms with Crippen LogP contribution in [0.5, 0.6) is 5.75 Å². The summed E-state index contributed by atoms with van der Waals surface area (Å²) in [6.45, 7) is 7.37. The second-order valence-electron chi connectivity index (χ2n) is 6.10. The summed E-state index contributed by atoms with van der Waals surface area (Å²) in [5.74, 6) is 0.144. The van der Waals surface area contributed by atoms with Crippen LogP contribution in [0.2, 0.25) is 5.02 Å². The van der Waals surface area contributed by atoms with Gasteiger partial charge in [0.2, 0.25) is 15.9 Å². The fourth-order valence-electron chi connectivity index (χ4n) is 2.44. The Hall–Kier alpha value is -2.09. The molecule has 2 rings (SSSR count). The average Bonchev–Trinajstić information content (AvgIpc) is 2.60. The van der Waals surface area contributed by atoms with E-state index in [-0.39, 0.29) is 4.90 Å². The molecule has 2 N–H and O–H groups in total. The Balaban J connectivity index is 2.13. The van der Waals surface area contributed by atoms with E-state index in [4.69, 9.17) is 16.3 Å². The number of ether oxygens (including phenoxy) is 1. The van der Waals surface area contributed by atoms with Gasteiger partial charge in [-0.2, -0.15) is 4.72 Å². The van der Waals surface area contributed by atoms with Gasteiger partial charge < -0.3 is 10.1 Å². The van der Waals surface area contributed by atoms with Crippen molar-refractivity contribution in [3.8, 4) is 5.75 Å². The fraction of sp³-hybridized carbons (Fsp3) is 0.316. The molecule has 27 heavy (non-hydrogen) atoms. The first kappa shape index (κ1) is 21.2. The molecule has 0 aliphatic heterocycles. The molecule has 146 valence electrons. The van der Waals surface area contributed by atoms with Crippen molar-refractivity contribution in [1.82, 2.24) is 4.72 Å². The number of halogens is 1. The van der Waals surface area contributed by atoms with Crippen LogP contribution in [0.3, 0.4) is 0 Å². The lowest BCUT2D eigenvalue weighted by molar-refractivity contribution is -0.117. The molecule has 2 aromatic rings. The zero-order valence-electron chi connectivity index (χ0n) is 15.7. The van der Waals surface area contributed by atoms with Crippen molar-refractivity contribution in [2.24, 2.45) is 0 Å². The standard InChI is InChI=1S/C19H23ClN2O4S/c1-5-26-18-10-9-15(11-12(18)2)27(24,25)22-14(4)19(23)21-17-8-6-7-16(20)13(17)3/h6-11,14,22H,5H2,1-4H3,(H,21,23)/t14-/m1/s1. The van der Waals surface area contributed by atoms with Gasteiger partial charge in [-0.05, 0) is 69.2 Å². The van der Waals surface area contributed by atoms with Crippen molar-refractivity contribution < 1.29 is 17.9 Å². The summed E-state index contributed by atoms with van der Waals surface area (Å²) in [6.07, 6.45) is 0. The van der Waals surface area contributed by atoms with Crippen LogP contribution < -0.4 is 14.8 Å². The fourth-order valence-corrected chi connectivity index (χ4v) is 3.91. The zero-order chi connectivity index (χ0) is 20.2. The van der Waals surface area contributed by atoms with Gasteiger partial charge in [-0.25, -0.2) is 8.42 Å². The number of anilines is 1. The maximum Gasteiger partial charge on any atom is 0.242 e. The molecule has 0 unspecified atom stereocenters. The Labute approximate surface area is 164 Å². The number of nitrogens with one attached hydrogen (secondary N) is 2. The van der Waals surface area contributed by atoms with E-state index in [1.54, 1.807) is 38.1 Å². The van der Waals surface area contributed by atoms with Crippen LogP contribution in [0.15, 0.2) is 41.3 Å². The Kier molecular flexibility index (Phi) is 6.86. The largest absolute Gasteiger partial charge is 0.494 e. The first-order valence-electron chi connectivity index (χ1n) is 8.47. The van der Waals surface area contributed by atoms with E-state index in [0.29, 0.717) is 34.2 Å². The summed E-state index contributed by atoms with van der Waals surface area (Å²) in [7, 11) is -3.86. The second-order valence-corrected chi connectivity index (χ2v) is 8.23. The van der Waals surface area contributed by atoms with Gasteiger partial charge in [0.15, 0.2) is 0 Å². The molecule has 0 saturated heterocycles. The van der Waals surface area contributed by atoms with E-state index in [0.717, 1.165) is 0 Å². The number of aryl methyl sites for hydroxylation is 1. The molecule has 6 nitrogen and oxygen atoms in total. The summed E-state index contributed by atoms with van der Waals surface area (Å²) >= 11 is 6.04. The van der Waals surface area contributed by atoms with Gasteiger partial charge in [-0.1, -0.05) is 17.7 Å². The minimum atomic E-state index is -3.86. The minimum Gasteiger partial charge on any atom is -0.494 e. The van der Waals surface area contributed by atoms with Gasteiger partial charge in [0.1, 0.15) is 5.75 Å². The summed E-state index contributed by atoms with van der Waals surface area (Å²) in [6, 6.07) is 8.73. The molecule has 0 fully saturated rings. The second kappa shape index (κ2) is 8.73. The Bertz CT molecular complexity index is 945. The molecule has 0 radical (unpaired) electrons. The van der Waals surface area contributed by atoms with Crippen LogP contribution in [-0.4, -0.2) is 27.0 Å². The number of carbonyl (C=O) groups is 1. The lowest BCUT2D eigenvalue weighted by Crippen LogP contribution is -2.41. The molecular formula is C19H23ClN2O4S. The molecular weight excluding hydrogens is 388 g/mol.